The first kappa shape index (κ1) is 49.5. The maximum atomic E-state index is 12.7. The Morgan fingerprint density at radius 3 is 1.28 bits per heavy atom. The Kier molecular flexibility index (Phi) is 18.1. The zero-order valence-corrected chi connectivity index (χ0v) is 38.1. The lowest BCUT2D eigenvalue weighted by atomic mass is 9.91. The number of benzene rings is 4. The predicted octanol–water partition coefficient (Wildman–Crippen LogP) is 8.49. The molecule has 0 spiro atoms. The summed E-state index contributed by atoms with van der Waals surface area (Å²) >= 11 is 12.5. The summed E-state index contributed by atoms with van der Waals surface area (Å²) in [5.74, 6) is -0.104. The van der Waals surface area contributed by atoms with E-state index in [2.05, 4.69) is 10.6 Å². The highest BCUT2D eigenvalue weighted by Crippen LogP contribution is 2.34. The summed E-state index contributed by atoms with van der Waals surface area (Å²) < 4.78 is 33.4. The fourth-order valence-electron chi connectivity index (χ4n) is 7.59. The lowest BCUT2D eigenvalue weighted by Crippen LogP contribution is -2.40. The highest BCUT2D eigenvalue weighted by atomic mass is 35.5. The maximum absolute atomic E-state index is 12.7. The third-order valence-electron chi connectivity index (χ3n) is 10.7. The van der Waals surface area contributed by atoms with Crippen LogP contribution < -0.4 is 29.6 Å². The molecule has 2 atom stereocenters. The van der Waals surface area contributed by atoms with Crippen molar-refractivity contribution < 1.29 is 57.8 Å². The van der Waals surface area contributed by atoms with Gasteiger partial charge in [-0.15, -0.1) is 0 Å². The molecule has 6 rings (SSSR count). The van der Waals surface area contributed by atoms with Gasteiger partial charge in [0.15, 0.2) is 11.2 Å². The molecule has 0 saturated carbocycles. The predicted molar refractivity (Wildman–Crippen MR) is 241 cm³/mol. The average molecular weight is 924 g/mol. The van der Waals surface area contributed by atoms with Gasteiger partial charge >= 0.3 is 11.9 Å². The number of carboxylic acid groups (broad SMARTS) is 2. The molecule has 14 nitrogen and oxygen atoms in total. The van der Waals surface area contributed by atoms with E-state index in [1.807, 2.05) is 52.0 Å². The van der Waals surface area contributed by atoms with E-state index in [-0.39, 0.29) is 37.7 Å². The number of ether oxygens (including phenoxy) is 6. The number of aliphatic carboxylic acids is 2. The minimum absolute atomic E-state index is 0.201. The number of amides is 2. The van der Waals surface area contributed by atoms with Crippen LogP contribution >= 0.6 is 23.2 Å². The van der Waals surface area contributed by atoms with Gasteiger partial charge in [-0.05, 0) is 113 Å². The molecule has 2 heterocycles. The van der Waals surface area contributed by atoms with Gasteiger partial charge in [-0.3, -0.25) is 9.59 Å². The SMILES string of the molecule is CCOc1ccc(C(=O)NCc2cc(C[C@@]3(C(=O)O)CCCO3)ccc2OCC)c(Cl)c1.CCOc1ccc(C(=O)NCc2cc(C[C@]3(C(=O)O)CCCO3)ccc2OCC)c(Cl)c1. The molecule has 0 bridgehead atoms. The van der Waals surface area contributed by atoms with Gasteiger partial charge in [0.1, 0.15) is 23.0 Å². The van der Waals surface area contributed by atoms with E-state index in [0.717, 1.165) is 35.1 Å². The van der Waals surface area contributed by atoms with Crippen LogP contribution in [0, 0.1) is 0 Å². The maximum Gasteiger partial charge on any atom is 0.336 e. The number of carboxylic acids is 2. The first-order chi connectivity index (χ1) is 30.8. The molecular formula is C48H56Cl2N2O12. The molecule has 4 aromatic rings. The highest BCUT2D eigenvalue weighted by Gasteiger charge is 2.44. The zero-order valence-electron chi connectivity index (χ0n) is 36.6. The van der Waals surface area contributed by atoms with E-state index in [1.54, 1.807) is 48.5 Å². The number of nitrogens with one attached hydrogen (secondary N) is 2. The van der Waals surface area contributed by atoms with E-state index in [1.165, 1.54) is 0 Å². The van der Waals surface area contributed by atoms with Crippen LogP contribution in [0.5, 0.6) is 23.0 Å². The molecule has 2 aliphatic rings. The van der Waals surface area contributed by atoms with Gasteiger partial charge in [-0.25, -0.2) is 9.59 Å². The molecule has 4 aromatic carbocycles. The number of rotatable bonds is 20. The Labute approximate surface area is 383 Å². The van der Waals surface area contributed by atoms with Crippen LogP contribution in [0.2, 0.25) is 10.0 Å². The zero-order chi connectivity index (χ0) is 46.3. The second kappa shape index (κ2) is 23.4. The fourth-order valence-corrected chi connectivity index (χ4v) is 8.10. The first-order valence-electron chi connectivity index (χ1n) is 21.4. The van der Waals surface area contributed by atoms with E-state index >= 15 is 0 Å². The second-order valence-electron chi connectivity index (χ2n) is 15.1. The third-order valence-corrected chi connectivity index (χ3v) is 11.3. The van der Waals surface area contributed by atoms with E-state index < -0.39 is 23.1 Å². The van der Waals surface area contributed by atoms with Crippen molar-refractivity contribution in [3.63, 3.8) is 0 Å². The van der Waals surface area contributed by atoms with Crippen molar-refractivity contribution in [3.05, 3.63) is 116 Å². The van der Waals surface area contributed by atoms with E-state index in [4.69, 9.17) is 51.6 Å². The lowest BCUT2D eigenvalue weighted by Gasteiger charge is -2.24. The van der Waals surface area contributed by atoms with Gasteiger partial charge in [0.05, 0.1) is 47.6 Å². The van der Waals surface area contributed by atoms with E-state index in [9.17, 15) is 29.4 Å². The summed E-state index contributed by atoms with van der Waals surface area (Å²) in [5, 5.41) is 25.7. The molecule has 0 unspecified atom stereocenters. The molecule has 2 fully saturated rings. The Bertz CT molecular complexity index is 2100. The Morgan fingerprint density at radius 1 is 0.578 bits per heavy atom. The van der Waals surface area contributed by atoms with E-state index in [0.29, 0.717) is 96.7 Å². The summed E-state index contributed by atoms with van der Waals surface area (Å²) in [7, 11) is 0. The monoisotopic (exact) mass is 922 g/mol. The molecule has 64 heavy (non-hydrogen) atoms. The highest BCUT2D eigenvalue weighted by molar-refractivity contribution is 6.34. The van der Waals surface area contributed by atoms with Crippen LogP contribution in [-0.2, 0) is 45.0 Å². The van der Waals surface area contributed by atoms with Gasteiger partial charge in [-0.1, -0.05) is 47.5 Å². The molecular weight excluding hydrogens is 867 g/mol. The summed E-state index contributed by atoms with van der Waals surface area (Å²) in [5.41, 5.74) is 1.38. The minimum atomic E-state index is -1.20. The Balaban J connectivity index is 0.000000241. The quantitative estimate of drug-likeness (QED) is 0.0663. The van der Waals surface area contributed by atoms with Crippen molar-refractivity contribution in [1.29, 1.82) is 0 Å². The van der Waals surface area contributed by atoms with Crippen molar-refractivity contribution in [2.45, 2.75) is 90.5 Å². The summed E-state index contributed by atoms with van der Waals surface area (Å²) in [6.07, 6.45) is 2.88. The van der Waals surface area contributed by atoms with Crippen LogP contribution in [0.1, 0.15) is 96.3 Å². The molecule has 0 radical (unpaired) electrons. The van der Waals surface area contributed by atoms with Crippen LogP contribution in [0.3, 0.4) is 0 Å². The molecule has 2 aliphatic heterocycles. The number of halogens is 2. The molecule has 344 valence electrons. The third kappa shape index (κ3) is 12.8. The Morgan fingerprint density at radius 2 is 0.969 bits per heavy atom. The Hall–Kier alpha value is -5.54. The average Bonchev–Trinajstić information content (AvgIpc) is 3.96. The molecule has 2 amide bonds. The molecule has 4 N–H and O–H groups in total. The normalized spacial score (nSPS) is 17.7. The van der Waals surface area contributed by atoms with Crippen LogP contribution in [0.25, 0.3) is 0 Å². The summed E-state index contributed by atoms with van der Waals surface area (Å²) in [6, 6.07) is 20.9. The van der Waals surface area contributed by atoms with Crippen molar-refractivity contribution in [1.82, 2.24) is 10.6 Å². The topological polar surface area (TPSA) is 188 Å². The molecule has 16 heteroatoms. The lowest BCUT2D eigenvalue weighted by molar-refractivity contribution is -0.160. The van der Waals surface area contributed by atoms with Crippen molar-refractivity contribution >= 4 is 47.0 Å². The van der Waals surface area contributed by atoms with Gasteiger partial charge in [0, 0.05) is 50.3 Å². The van der Waals surface area contributed by atoms with Crippen molar-refractivity contribution in [2.75, 3.05) is 39.6 Å². The first-order valence-corrected chi connectivity index (χ1v) is 22.2. The van der Waals surface area contributed by atoms with Gasteiger partial charge in [-0.2, -0.15) is 0 Å². The van der Waals surface area contributed by atoms with Gasteiger partial charge < -0.3 is 49.3 Å². The smallest absolute Gasteiger partial charge is 0.336 e. The van der Waals surface area contributed by atoms with Crippen molar-refractivity contribution in [2.24, 2.45) is 0 Å². The number of hydrogen-bond donors (Lipinski definition) is 4. The van der Waals surface area contributed by atoms with Gasteiger partial charge in [0.2, 0.25) is 0 Å². The van der Waals surface area contributed by atoms with Crippen molar-refractivity contribution in [3.8, 4) is 23.0 Å². The van der Waals surface area contributed by atoms with Gasteiger partial charge in [0.25, 0.3) is 11.8 Å². The fraction of sp³-hybridized carbons (Fsp3) is 0.417. The molecule has 0 aliphatic carbocycles. The second-order valence-corrected chi connectivity index (χ2v) is 15.9. The largest absolute Gasteiger partial charge is 0.494 e. The number of hydrogen-bond acceptors (Lipinski definition) is 10. The minimum Gasteiger partial charge on any atom is -0.494 e. The summed E-state index contributed by atoms with van der Waals surface area (Å²) in [4.78, 5) is 49.1. The van der Waals surface area contributed by atoms with Crippen LogP contribution in [0.4, 0.5) is 0 Å². The van der Waals surface area contributed by atoms with Crippen LogP contribution in [-0.4, -0.2) is 84.8 Å². The standard InChI is InChI=1S/2C24H28ClNO6/c2*1-3-30-18-7-8-19(20(25)13-18)22(27)26-15-17-12-16(6-9-21(17)31-4-2)14-24(23(28)29)10-5-11-32-24/h2*6-9,12-13H,3-5,10-11,14-15H2,1-2H3,(H,26,27)(H,28,29)/t2*24-/m10/s1. The molecule has 0 aromatic heterocycles. The molecule has 2 saturated heterocycles. The summed E-state index contributed by atoms with van der Waals surface area (Å²) in [6.45, 7) is 10.7. The number of carbonyl (C=O) groups is 4. The number of carbonyl (C=O) groups excluding carboxylic acids is 2. The van der Waals surface area contributed by atoms with Crippen LogP contribution in [0.15, 0.2) is 72.8 Å².